The lowest BCUT2D eigenvalue weighted by Gasteiger charge is -2.19. The second-order valence-corrected chi connectivity index (χ2v) is 9.78. The maximum atomic E-state index is 12.8. The Balaban J connectivity index is 2.00. The first kappa shape index (κ1) is 22.9. The number of hydrogen-bond acceptors (Lipinski definition) is 6. The zero-order valence-corrected chi connectivity index (χ0v) is 19.2. The first-order chi connectivity index (χ1) is 14.6. The Morgan fingerprint density at radius 2 is 1.71 bits per heavy atom. The molecule has 0 bridgehead atoms. The van der Waals surface area contributed by atoms with Crippen LogP contribution in [-0.2, 0) is 23.6 Å². The Morgan fingerprint density at radius 1 is 1.06 bits per heavy atom. The molecule has 0 saturated carbocycles. The number of nitrogens with zero attached hydrogens (tertiary/aromatic N) is 5. The Bertz CT molecular complexity index is 1300. The van der Waals surface area contributed by atoms with E-state index >= 15 is 0 Å². The smallest absolute Gasteiger partial charge is 0.332 e. The van der Waals surface area contributed by atoms with Crippen LogP contribution < -0.4 is 11.2 Å². The highest BCUT2D eigenvalue weighted by molar-refractivity contribution is 7.89. The minimum Gasteiger partial charge on any atom is -0.332 e. The summed E-state index contributed by atoms with van der Waals surface area (Å²) in [5, 5.41) is 0. The van der Waals surface area contributed by atoms with Crippen LogP contribution >= 0.6 is 0 Å². The van der Waals surface area contributed by atoms with Gasteiger partial charge in [0, 0.05) is 39.3 Å². The molecule has 0 aliphatic carbocycles. The first-order valence-electron chi connectivity index (χ1n) is 9.99. The molecule has 0 unspecified atom stereocenters. The molecule has 0 saturated heterocycles. The van der Waals surface area contributed by atoms with Crippen molar-refractivity contribution in [3.8, 4) is 11.4 Å². The van der Waals surface area contributed by atoms with Crippen molar-refractivity contribution in [2.24, 2.45) is 7.05 Å². The number of aromatic amines is 1. The zero-order valence-electron chi connectivity index (χ0n) is 18.4. The summed E-state index contributed by atoms with van der Waals surface area (Å²) in [6.07, 6.45) is 0.712. The molecule has 0 spiro atoms. The van der Waals surface area contributed by atoms with Gasteiger partial charge in [-0.2, -0.15) is 4.31 Å². The average Bonchev–Trinajstić information content (AvgIpc) is 3.19. The van der Waals surface area contributed by atoms with Crippen LogP contribution in [0.3, 0.4) is 0 Å². The van der Waals surface area contributed by atoms with Gasteiger partial charge in [0.05, 0.1) is 4.90 Å². The molecular formula is C20H28N6O4S. The molecule has 0 aliphatic heterocycles. The van der Waals surface area contributed by atoms with Gasteiger partial charge in [-0.15, -0.1) is 0 Å². The summed E-state index contributed by atoms with van der Waals surface area (Å²) in [4.78, 5) is 34.5. The number of aromatic nitrogens is 4. The van der Waals surface area contributed by atoms with Crippen LogP contribution in [0.15, 0.2) is 38.8 Å². The number of imidazole rings is 1. The molecule has 0 atom stereocenters. The van der Waals surface area contributed by atoms with E-state index in [0.29, 0.717) is 43.1 Å². The molecule has 10 nitrogen and oxygen atoms in total. The quantitative estimate of drug-likeness (QED) is 0.542. The fraction of sp³-hybridized carbons (Fsp3) is 0.450. The van der Waals surface area contributed by atoms with E-state index in [2.05, 4.69) is 9.97 Å². The highest BCUT2D eigenvalue weighted by atomic mass is 32.2. The predicted octanol–water partition coefficient (Wildman–Crippen LogP) is 0.682. The van der Waals surface area contributed by atoms with Crippen molar-refractivity contribution in [3.05, 3.63) is 45.1 Å². The molecule has 168 valence electrons. The van der Waals surface area contributed by atoms with Gasteiger partial charge < -0.3 is 9.88 Å². The van der Waals surface area contributed by atoms with Gasteiger partial charge >= 0.3 is 5.69 Å². The summed E-state index contributed by atoms with van der Waals surface area (Å²) < 4.78 is 29.4. The van der Waals surface area contributed by atoms with E-state index in [9.17, 15) is 18.0 Å². The van der Waals surface area contributed by atoms with E-state index in [1.807, 2.05) is 25.9 Å². The summed E-state index contributed by atoms with van der Waals surface area (Å²) in [7, 11) is 3.14. The van der Waals surface area contributed by atoms with Crippen LogP contribution in [0.25, 0.3) is 22.6 Å². The van der Waals surface area contributed by atoms with E-state index in [4.69, 9.17) is 0 Å². The van der Waals surface area contributed by atoms with Crippen molar-refractivity contribution in [2.45, 2.75) is 24.8 Å². The SMILES string of the molecule is CCCn1c(=O)n(C)c(=O)c2[nH]c(-c3ccc(S(=O)(=O)N(C)CCN(C)C)cc3)nc21. The number of fused-ring (bicyclic) bond motifs is 1. The fourth-order valence-electron chi connectivity index (χ4n) is 3.22. The van der Waals surface area contributed by atoms with Crippen molar-refractivity contribution in [1.29, 1.82) is 0 Å². The van der Waals surface area contributed by atoms with Crippen molar-refractivity contribution < 1.29 is 8.42 Å². The molecule has 0 amide bonds. The van der Waals surface area contributed by atoms with E-state index in [0.717, 1.165) is 4.57 Å². The number of nitrogens with one attached hydrogen (secondary N) is 1. The first-order valence-corrected chi connectivity index (χ1v) is 11.4. The van der Waals surface area contributed by atoms with Crippen LogP contribution in [0, 0.1) is 0 Å². The summed E-state index contributed by atoms with van der Waals surface area (Å²) in [5.74, 6) is 0.396. The third-order valence-electron chi connectivity index (χ3n) is 5.12. The maximum absolute atomic E-state index is 12.8. The van der Waals surface area contributed by atoms with Gasteiger partial charge in [0.15, 0.2) is 5.65 Å². The minimum absolute atomic E-state index is 0.174. The van der Waals surface area contributed by atoms with Gasteiger partial charge in [-0.3, -0.25) is 13.9 Å². The number of benzene rings is 1. The van der Waals surface area contributed by atoms with E-state index in [-0.39, 0.29) is 10.4 Å². The summed E-state index contributed by atoms with van der Waals surface area (Å²) in [6, 6.07) is 6.30. The lowest BCUT2D eigenvalue weighted by molar-refractivity contribution is 0.358. The molecule has 0 aliphatic rings. The predicted molar refractivity (Wildman–Crippen MR) is 120 cm³/mol. The molecule has 2 heterocycles. The number of H-pyrrole nitrogens is 1. The monoisotopic (exact) mass is 448 g/mol. The number of sulfonamides is 1. The maximum Gasteiger partial charge on any atom is 0.332 e. The Hall–Kier alpha value is -2.76. The Morgan fingerprint density at radius 3 is 2.29 bits per heavy atom. The molecule has 0 radical (unpaired) electrons. The topological polar surface area (TPSA) is 113 Å². The van der Waals surface area contributed by atoms with Gasteiger partial charge in [-0.25, -0.2) is 18.2 Å². The molecule has 2 aromatic heterocycles. The normalized spacial score (nSPS) is 12.4. The third kappa shape index (κ3) is 4.34. The molecular weight excluding hydrogens is 420 g/mol. The highest BCUT2D eigenvalue weighted by Gasteiger charge is 2.21. The Labute approximate surface area is 180 Å². The minimum atomic E-state index is -3.61. The summed E-state index contributed by atoms with van der Waals surface area (Å²) in [6.45, 7) is 3.36. The highest BCUT2D eigenvalue weighted by Crippen LogP contribution is 2.22. The van der Waals surface area contributed by atoms with Crippen molar-refractivity contribution >= 4 is 21.2 Å². The second-order valence-electron chi connectivity index (χ2n) is 7.74. The molecule has 31 heavy (non-hydrogen) atoms. The standard InChI is InChI=1S/C20H28N6O4S/c1-6-11-26-18-16(19(27)25(5)20(26)28)21-17(22-18)14-7-9-15(10-8-14)31(29,30)24(4)13-12-23(2)3/h7-10H,6,11-13H2,1-5H3,(H,21,22). The summed E-state index contributed by atoms with van der Waals surface area (Å²) >= 11 is 0. The van der Waals surface area contributed by atoms with Crippen LogP contribution in [-0.4, -0.2) is 71.0 Å². The molecule has 3 aromatic rings. The Kier molecular flexibility index (Phi) is 6.48. The van der Waals surface area contributed by atoms with Gasteiger partial charge in [0.1, 0.15) is 11.3 Å². The van der Waals surface area contributed by atoms with Crippen molar-refractivity contribution in [2.75, 3.05) is 34.2 Å². The van der Waals surface area contributed by atoms with Gasteiger partial charge in [-0.05, 0) is 44.8 Å². The van der Waals surface area contributed by atoms with E-state index in [1.54, 1.807) is 19.2 Å². The molecule has 11 heteroatoms. The van der Waals surface area contributed by atoms with Crippen LogP contribution in [0.1, 0.15) is 13.3 Å². The molecule has 0 fully saturated rings. The summed E-state index contributed by atoms with van der Waals surface area (Å²) in [5.41, 5.74) is 0.284. The fourth-order valence-corrected chi connectivity index (χ4v) is 4.38. The second kappa shape index (κ2) is 8.77. The van der Waals surface area contributed by atoms with Gasteiger partial charge in [0.2, 0.25) is 10.0 Å². The number of likely N-dealkylation sites (N-methyl/N-ethyl adjacent to an activating group) is 2. The largest absolute Gasteiger partial charge is 0.332 e. The van der Waals surface area contributed by atoms with Crippen molar-refractivity contribution in [1.82, 2.24) is 28.3 Å². The molecule has 3 rings (SSSR count). The van der Waals surface area contributed by atoms with Crippen LogP contribution in [0.2, 0.25) is 0 Å². The molecule has 1 aromatic carbocycles. The van der Waals surface area contributed by atoms with Gasteiger partial charge in [-0.1, -0.05) is 6.92 Å². The van der Waals surface area contributed by atoms with E-state index < -0.39 is 21.3 Å². The van der Waals surface area contributed by atoms with Crippen LogP contribution in [0.4, 0.5) is 0 Å². The number of hydrogen-bond donors (Lipinski definition) is 1. The lowest BCUT2D eigenvalue weighted by atomic mass is 10.2. The van der Waals surface area contributed by atoms with E-state index in [1.165, 1.54) is 28.1 Å². The number of aryl methyl sites for hydroxylation is 1. The van der Waals surface area contributed by atoms with Crippen molar-refractivity contribution in [3.63, 3.8) is 0 Å². The average molecular weight is 449 g/mol. The van der Waals surface area contributed by atoms with Crippen LogP contribution in [0.5, 0.6) is 0 Å². The zero-order chi connectivity index (χ0) is 22.9. The van der Waals surface area contributed by atoms with Gasteiger partial charge in [0.25, 0.3) is 5.56 Å². The molecule has 1 N–H and O–H groups in total. The number of rotatable bonds is 8. The lowest BCUT2D eigenvalue weighted by Crippen LogP contribution is -2.38. The third-order valence-corrected chi connectivity index (χ3v) is 6.99.